The number of carbonyl (C=O) groups is 1. The first kappa shape index (κ1) is 14.9. The number of aryl methyl sites for hydroxylation is 1. The van der Waals surface area contributed by atoms with Crippen molar-refractivity contribution in [1.29, 1.82) is 0 Å². The van der Waals surface area contributed by atoms with Gasteiger partial charge in [0, 0.05) is 20.2 Å². The molecule has 4 rings (SSSR count). The van der Waals surface area contributed by atoms with E-state index in [9.17, 15) is 4.79 Å². The maximum Gasteiger partial charge on any atom is 0.257 e. The molecule has 1 saturated heterocycles. The summed E-state index contributed by atoms with van der Waals surface area (Å²) in [4.78, 5) is 21.9. The first-order chi connectivity index (χ1) is 11.6. The molecule has 0 radical (unpaired) electrons. The molecule has 0 bridgehead atoms. The van der Waals surface area contributed by atoms with Crippen LogP contribution in [0, 0.1) is 0 Å². The summed E-state index contributed by atoms with van der Waals surface area (Å²) in [5.74, 6) is 0.128. The zero-order chi connectivity index (χ0) is 16.7. The van der Waals surface area contributed by atoms with Crippen LogP contribution < -0.4 is 11.1 Å². The standard InChI is InChI=1S/C17H19N5O2/c1-22-15(18)13(17(23)19-9-10-5-4-8-24-10)14-16(22)21-12-7-3-2-6-11(12)20-14/h2-3,6-7,10H,4-5,8-9,18H2,1H3,(H,19,23)/t10-/m0/s1. The van der Waals surface area contributed by atoms with Crippen LogP contribution in [-0.4, -0.2) is 39.7 Å². The Morgan fingerprint density at radius 2 is 2.12 bits per heavy atom. The molecule has 24 heavy (non-hydrogen) atoms. The van der Waals surface area contributed by atoms with E-state index < -0.39 is 0 Å². The molecule has 1 aliphatic rings. The van der Waals surface area contributed by atoms with Crippen molar-refractivity contribution in [3.63, 3.8) is 0 Å². The van der Waals surface area contributed by atoms with Crippen LogP contribution in [0.4, 0.5) is 5.82 Å². The lowest BCUT2D eigenvalue weighted by atomic mass is 10.2. The molecule has 2 aromatic heterocycles. The molecule has 3 heterocycles. The van der Waals surface area contributed by atoms with Crippen molar-refractivity contribution < 1.29 is 9.53 Å². The van der Waals surface area contributed by atoms with Gasteiger partial charge < -0.3 is 20.4 Å². The number of anilines is 1. The third-order valence-corrected chi connectivity index (χ3v) is 4.47. The molecule has 7 nitrogen and oxygen atoms in total. The number of nitrogens with one attached hydrogen (secondary N) is 1. The summed E-state index contributed by atoms with van der Waals surface area (Å²) in [5.41, 5.74) is 9.18. The van der Waals surface area contributed by atoms with E-state index in [0.29, 0.717) is 29.1 Å². The molecular formula is C17H19N5O2. The Hall–Kier alpha value is -2.67. The van der Waals surface area contributed by atoms with E-state index in [1.807, 2.05) is 24.3 Å². The number of nitrogens with zero attached hydrogens (tertiary/aromatic N) is 3. The highest BCUT2D eigenvalue weighted by molar-refractivity contribution is 6.10. The second-order valence-corrected chi connectivity index (χ2v) is 6.05. The number of hydrogen-bond donors (Lipinski definition) is 2. The fourth-order valence-electron chi connectivity index (χ4n) is 3.12. The third-order valence-electron chi connectivity index (χ3n) is 4.47. The number of amides is 1. The zero-order valence-electron chi connectivity index (χ0n) is 13.5. The molecule has 3 N–H and O–H groups in total. The second kappa shape index (κ2) is 5.76. The summed E-state index contributed by atoms with van der Waals surface area (Å²) in [5, 5.41) is 2.91. The zero-order valence-corrected chi connectivity index (χ0v) is 13.5. The number of ether oxygens (including phenoxy) is 1. The van der Waals surface area contributed by atoms with E-state index in [-0.39, 0.29) is 12.0 Å². The highest BCUT2D eigenvalue weighted by atomic mass is 16.5. The number of fused-ring (bicyclic) bond motifs is 2. The maximum atomic E-state index is 12.7. The average Bonchev–Trinajstić information content (AvgIpc) is 3.19. The van der Waals surface area contributed by atoms with Crippen molar-refractivity contribution in [1.82, 2.24) is 19.9 Å². The van der Waals surface area contributed by atoms with Crippen molar-refractivity contribution in [2.75, 3.05) is 18.9 Å². The fourth-order valence-corrected chi connectivity index (χ4v) is 3.12. The van der Waals surface area contributed by atoms with Gasteiger partial charge in [0.25, 0.3) is 5.91 Å². The largest absolute Gasteiger partial charge is 0.384 e. The van der Waals surface area contributed by atoms with Gasteiger partial charge in [0.05, 0.1) is 17.1 Å². The second-order valence-electron chi connectivity index (χ2n) is 6.05. The van der Waals surface area contributed by atoms with Crippen molar-refractivity contribution in [2.45, 2.75) is 18.9 Å². The van der Waals surface area contributed by atoms with Gasteiger partial charge in [0.2, 0.25) is 0 Å². The first-order valence-corrected chi connectivity index (χ1v) is 8.05. The minimum Gasteiger partial charge on any atom is -0.384 e. The van der Waals surface area contributed by atoms with Gasteiger partial charge in [-0.25, -0.2) is 9.97 Å². The number of para-hydroxylation sites is 2. The summed E-state index contributed by atoms with van der Waals surface area (Å²) in [6.45, 7) is 1.24. The quantitative estimate of drug-likeness (QED) is 0.763. The minimum atomic E-state index is -0.238. The molecule has 3 aromatic rings. The van der Waals surface area contributed by atoms with E-state index in [2.05, 4.69) is 15.3 Å². The van der Waals surface area contributed by atoms with Crippen LogP contribution in [0.5, 0.6) is 0 Å². The lowest BCUT2D eigenvalue weighted by Crippen LogP contribution is -2.32. The Balaban J connectivity index is 1.74. The molecule has 1 aliphatic heterocycles. The highest BCUT2D eigenvalue weighted by Crippen LogP contribution is 2.26. The fraction of sp³-hybridized carbons (Fsp3) is 0.353. The summed E-state index contributed by atoms with van der Waals surface area (Å²) in [6.07, 6.45) is 2.08. The predicted octanol–water partition coefficient (Wildman–Crippen LogP) is 1.61. The minimum absolute atomic E-state index is 0.0806. The highest BCUT2D eigenvalue weighted by Gasteiger charge is 2.24. The Morgan fingerprint density at radius 1 is 1.38 bits per heavy atom. The maximum absolute atomic E-state index is 12.7. The molecule has 1 aromatic carbocycles. The van der Waals surface area contributed by atoms with Crippen molar-refractivity contribution in [2.24, 2.45) is 7.05 Å². The number of nitrogens with two attached hydrogens (primary N) is 1. The van der Waals surface area contributed by atoms with Gasteiger partial charge in [0.15, 0.2) is 5.65 Å². The number of nitrogen functional groups attached to an aromatic ring is 1. The number of carbonyl (C=O) groups excluding carboxylic acids is 1. The van der Waals surface area contributed by atoms with Gasteiger partial charge in [-0.1, -0.05) is 12.1 Å². The summed E-state index contributed by atoms with van der Waals surface area (Å²) < 4.78 is 7.24. The monoisotopic (exact) mass is 325 g/mol. The molecule has 0 saturated carbocycles. The molecule has 124 valence electrons. The molecule has 0 spiro atoms. The molecule has 0 unspecified atom stereocenters. The number of hydrogen-bond acceptors (Lipinski definition) is 5. The van der Waals surface area contributed by atoms with E-state index in [1.165, 1.54) is 0 Å². The smallest absolute Gasteiger partial charge is 0.257 e. The Morgan fingerprint density at radius 3 is 2.83 bits per heavy atom. The third kappa shape index (κ3) is 2.37. The number of aromatic nitrogens is 3. The van der Waals surface area contributed by atoms with Crippen LogP contribution >= 0.6 is 0 Å². The van der Waals surface area contributed by atoms with Gasteiger partial charge >= 0.3 is 0 Å². The summed E-state index contributed by atoms with van der Waals surface area (Å²) >= 11 is 0. The topological polar surface area (TPSA) is 95.1 Å². The van der Waals surface area contributed by atoms with Crippen LogP contribution in [0.25, 0.3) is 22.2 Å². The van der Waals surface area contributed by atoms with Crippen molar-refractivity contribution in [3.05, 3.63) is 29.8 Å². The van der Waals surface area contributed by atoms with Gasteiger partial charge in [-0.3, -0.25) is 4.79 Å². The average molecular weight is 325 g/mol. The number of benzene rings is 1. The summed E-state index contributed by atoms with van der Waals surface area (Å²) in [7, 11) is 1.79. The van der Waals surface area contributed by atoms with Gasteiger partial charge in [0.1, 0.15) is 16.9 Å². The lowest BCUT2D eigenvalue weighted by molar-refractivity contribution is 0.0859. The van der Waals surface area contributed by atoms with E-state index >= 15 is 0 Å². The molecule has 1 atom stereocenters. The Bertz CT molecular complexity index is 928. The van der Waals surface area contributed by atoms with Gasteiger partial charge in [-0.2, -0.15) is 0 Å². The Labute approximate surface area is 138 Å². The molecule has 1 fully saturated rings. The molecule has 0 aliphatic carbocycles. The van der Waals surface area contributed by atoms with Gasteiger partial charge in [-0.05, 0) is 25.0 Å². The lowest BCUT2D eigenvalue weighted by Gasteiger charge is -2.10. The van der Waals surface area contributed by atoms with Crippen LogP contribution in [0.2, 0.25) is 0 Å². The SMILES string of the molecule is Cn1c(N)c(C(=O)NC[C@@H]2CCCO2)c2nc3ccccc3nc21. The van der Waals surface area contributed by atoms with E-state index in [4.69, 9.17) is 10.5 Å². The van der Waals surface area contributed by atoms with E-state index in [1.54, 1.807) is 11.6 Å². The molecule has 7 heteroatoms. The number of rotatable bonds is 3. The Kier molecular flexibility index (Phi) is 3.57. The van der Waals surface area contributed by atoms with Gasteiger partial charge in [-0.15, -0.1) is 0 Å². The van der Waals surface area contributed by atoms with Crippen LogP contribution in [0.15, 0.2) is 24.3 Å². The molecular weight excluding hydrogens is 306 g/mol. The predicted molar refractivity (Wildman–Crippen MR) is 91.7 cm³/mol. The van der Waals surface area contributed by atoms with E-state index in [0.717, 1.165) is 30.5 Å². The van der Waals surface area contributed by atoms with Crippen LogP contribution in [-0.2, 0) is 11.8 Å². The van der Waals surface area contributed by atoms with Crippen molar-refractivity contribution >= 4 is 33.9 Å². The molecule has 1 amide bonds. The summed E-state index contributed by atoms with van der Waals surface area (Å²) in [6, 6.07) is 7.57. The van der Waals surface area contributed by atoms with Crippen LogP contribution in [0.3, 0.4) is 0 Å². The van der Waals surface area contributed by atoms with Crippen LogP contribution in [0.1, 0.15) is 23.2 Å². The van der Waals surface area contributed by atoms with Crippen molar-refractivity contribution in [3.8, 4) is 0 Å². The first-order valence-electron chi connectivity index (χ1n) is 8.05. The normalized spacial score (nSPS) is 17.6.